The molecule has 0 aliphatic rings. The van der Waals surface area contributed by atoms with Crippen molar-refractivity contribution in [2.24, 2.45) is 0 Å². The van der Waals surface area contributed by atoms with Crippen LogP contribution >= 0.6 is 7.91 Å². The van der Waals surface area contributed by atoms with Gasteiger partial charge in [0, 0.05) is 18.6 Å². The molecule has 0 rings (SSSR count). The largest absolute Gasteiger partial charge is 0 e. The number of halogens is 1. The van der Waals surface area contributed by atoms with E-state index in [1.54, 1.807) is 0 Å². The van der Waals surface area contributed by atoms with Gasteiger partial charge in [0.25, 0.3) is 0 Å². The first-order valence-corrected chi connectivity index (χ1v) is 2.25. The molecule has 0 saturated heterocycles. The predicted octanol–water partition coefficient (Wildman–Crippen LogP) is -1.25. The fraction of sp³-hybridized carbons (Fsp3) is 0. The summed E-state index contributed by atoms with van der Waals surface area (Å²) in [5.41, 5.74) is 0. The summed E-state index contributed by atoms with van der Waals surface area (Å²) in [4.78, 5) is 13.9. The fourth-order valence-electron chi connectivity index (χ4n) is 0. The van der Waals surface area contributed by atoms with Crippen LogP contribution in [-0.2, 0) is 23.1 Å². The van der Waals surface area contributed by atoms with E-state index in [4.69, 9.17) is 14.4 Å². The molecule has 8 heteroatoms. The van der Waals surface area contributed by atoms with E-state index < -0.39 is 7.91 Å². The van der Waals surface area contributed by atoms with E-state index in [1.165, 1.54) is 0 Å². The maximum Gasteiger partial charge on any atom is 0 e. The Morgan fingerprint density at radius 3 is 1.25 bits per heavy atom. The first-order valence-electron chi connectivity index (χ1n) is 0.752. The normalized spacial score (nSPS) is 7.38. The summed E-state index contributed by atoms with van der Waals surface area (Å²) in [5, 5.41) is 0. The molecule has 0 fully saturated rings. The average molecular weight is 167 g/mol. The molecular formula is H4FLi2O3PV. The third-order valence-electron chi connectivity index (χ3n) is 0. The maximum absolute atomic E-state index is 10.4. The van der Waals surface area contributed by atoms with E-state index in [-0.39, 0.29) is 56.3 Å². The molecule has 0 spiro atoms. The molecule has 2 N–H and O–H groups in total. The van der Waals surface area contributed by atoms with Crippen LogP contribution in [0.25, 0.3) is 0 Å². The summed E-state index contributed by atoms with van der Waals surface area (Å²) in [6.45, 7) is 0. The quantitative estimate of drug-likeness (QED) is 0.350. The predicted molar refractivity (Wildman–Crippen MR) is 27.5 cm³/mol. The van der Waals surface area contributed by atoms with Gasteiger partial charge in [0.05, 0.1) is 0 Å². The van der Waals surface area contributed by atoms with Crippen LogP contribution in [-0.4, -0.2) is 47.5 Å². The number of rotatable bonds is 0. The van der Waals surface area contributed by atoms with Crippen LogP contribution in [0, 0.1) is 0 Å². The molecule has 41 valence electrons. The van der Waals surface area contributed by atoms with Crippen molar-refractivity contribution >= 4 is 45.6 Å². The van der Waals surface area contributed by atoms with Gasteiger partial charge in [-0.25, -0.2) is 4.57 Å². The third kappa shape index (κ3) is 107. The Balaban J connectivity index is -0.0000000267. The molecule has 0 aromatic carbocycles. The van der Waals surface area contributed by atoms with Gasteiger partial charge in [-0.05, 0) is 0 Å². The first kappa shape index (κ1) is 22.5. The Morgan fingerprint density at radius 2 is 1.25 bits per heavy atom. The van der Waals surface area contributed by atoms with Crippen LogP contribution in [0.2, 0.25) is 0 Å². The van der Waals surface area contributed by atoms with Gasteiger partial charge in [0.1, 0.15) is 0 Å². The van der Waals surface area contributed by atoms with Gasteiger partial charge in [-0.15, -0.1) is 4.20 Å². The molecule has 3 nitrogen and oxygen atoms in total. The smallest absolute Gasteiger partial charge is 0 e. The number of hydrogen-bond donors (Lipinski definition) is 2. The first-order chi connectivity index (χ1) is 2.00. The van der Waals surface area contributed by atoms with Crippen LogP contribution in [0.5, 0.6) is 0 Å². The molecule has 0 aliphatic carbocycles. The van der Waals surface area contributed by atoms with Crippen molar-refractivity contribution in [2.45, 2.75) is 0 Å². The monoisotopic (exact) mass is 167 g/mol. The van der Waals surface area contributed by atoms with Crippen molar-refractivity contribution in [1.82, 2.24) is 0 Å². The molecule has 0 atom stereocenters. The molecule has 1 radical (unpaired) electrons. The van der Waals surface area contributed by atoms with Crippen molar-refractivity contribution < 1.29 is 37.1 Å². The minimum absolute atomic E-state index is 0. The van der Waals surface area contributed by atoms with Crippen molar-refractivity contribution in [1.29, 1.82) is 0 Å². The topological polar surface area (TPSA) is 57.5 Å². The van der Waals surface area contributed by atoms with Gasteiger partial charge in [0.2, 0.25) is 0 Å². The van der Waals surface area contributed by atoms with E-state index >= 15 is 0 Å². The molecule has 0 aliphatic heterocycles. The van der Waals surface area contributed by atoms with E-state index in [1.807, 2.05) is 0 Å². The standard InChI is InChI=1S/FH2O3P.2Li.V.2H/c1-5(2,3)4;;;;;/h(H2,2,3,4);;;;;. The van der Waals surface area contributed by atoms with Gasteiger partial charge in [0.15, 0.2) is 0 Å². The van der Waals surface area contributed by atoms with E-state index in [0.29, 0.717) is 0 Å². The van der Waals surface area contributed by atoms with Crippen LogP contribution in [0.1, 0.15) is 0 Å². The Hall–Kier alpha value is 1.86. The van der Waals surface area contributed by atoms with Gasteiger partial charge in [-0.3, -0.25) is 9.79 Å². The third-order valence-corrected chi connectivity index (χ3v) is 0. The van der Waals surface area contributed by atoms with Gasteiger partial charge in [-0.1, -0.05) is 0 Å². The molecule has 0 bridgehead atoms. The Kier molecular flexibility index (Phi) is 25.0. The van der Waals surface area contributed by atoms with E-state index in [2.05, 4.69) is 0 Å². The van der Waals surface area contributed by atoms with Crippen molar-refractivity contribution in [3.8, 4) is 0 Å². The van der Waals surface area contributed by atoms with Gasteiger partial charge in [-0.2, -0.15) is 0 Å². The Bertz CT molecular complexity index is 63.4. The van der Waals surface area contributed by atoms with Gasteiger partial charge < -0.3 is 0 Å². The van der Waals surface area contributed by atoms with Gasteiger partial charge >= 0.3 is 45.6 Å². The molecule has 0 saturated carbocycles. The van der Waals surface area contributed by atoms with Crippen molar-refractivity contribution in [3.05, 3.63) is 0 Å². The minimum atomic E-state index is -5.14. The summed E-state index contributed by atoms with van der Waals surface area (Å²) in [6, 6.07) is 0. The second-order valence-electron chi connectivity index (χ2n) is 0.473. The molecule has 8 heavy (non-hydrogen) atoms. The van der Waals surface area contributed by atoms with E-state index in [9.17, 15) is 4.20 Å². The van der Waals surface area contributed by atoms with Crippen molar-refractivity contribution in [3.63, 3.8) is 0 Å². The van der Waals surface area contributed by atoms with Crippen LogP contribution in [0.15, 0.2) is 0 Å². The number of hydrogen-bond acceptors (Lipinski definition) is 1. The summed E-state index contributed by atoms with van der Waals surface area (Å²) in [5.74, 6) is 0. The second kappa shape index (κ2) is 8.86. The molecule has 0 heterocycles. The zero-order valence-electron chi connectivity index (χ0n) is 2.58. The summed E-state index contributed by atoms with van der Waals surface area (Å²) >= 11 is 0. The minimum Gasteiger partial charge on any atom is 0 e. The zero-order valence-corrected chi connectivity index (χ0v) is 4.87. The molecule has 0 amide bonds. The Labute approximate surface area is 82.3 Å². The van der Waals surface area contributed by atoms with Crippen molar-refractivity contribution in [2.75, 3.05) is 0 Å². The Morgan fingerprint density at radius 1 is 1.25 bits per heavy atom. The summed E-state index contributed by atoms with van der Waals surface area (Å²) < 4.78 is 19.0. The second-order valence-corrected chi connectivity index (χ2v) is 1.42. The SMILES string of the molecule is O=P(O)(O)F.[LiH].[LiH].[V]. The summed E-state index contributed by atoms with van der Waals surface area (Å²) in [6.07, 6.45) is 0. The molecule has 0 aromatic heterocycles. The zero-order chi connectivity index (χ0) is 4.50. The molecule has 0 unspecified atom stereocenters. The van der Waals surface area contributed by atoms with Crippen LogP contribution in [0.3, 0.4) is 0 Å². The fourth-order valence-corrected chi connectivity index (χ4v) is 0. The summed E-state index contributed by atoms with van der Waals surface area (Å²) in [7, 11) is -5.14. The van der Waals surface area contributed by atoms with E-state index in [0.717, 1.165) is 0 Å². The van der Waals surface area contributed by atoms with Crippen LogP contribution < -0.4 is 0 Å². The van der Waals surface area contributed by atoms with Crippen LogP contribution in [0.4, 0.5) is 4.20 Å². The maximum atomic E-state index is 10.4. The molecular weight excluding hydrogens is 163 g/mol. The molecule has 0 aromatic rings. The average Bonchev–Trinajstić information content (AvgIpc) is 0.722.